The van der Waals surface area contributed by atoms with Gasteiger partial charge in [-0.3, -0.25) is 0 Å². The Kier molecular flexibility index (Phi) is 4.08. The summed E-state index contributed by atoms with van der Waals surface area (Å²) in [7, 11) is -1.77. The third-order valence-electron chi connectivity index (χ3n) is 2.69. The molecule has 1 aromatic heterocycles. The van der Waals surface area contributed by atoms with Crippen LogP contribution in [-0.2, 0) is 10.0 Å². The highest BCUT2D eigenvalue weighted by atomic mass is 32.2. The predicted octanol–water partition coefficient (Wildman–Crippen LogP) is 0.644. The second kappa shape index (κ2) is 5.41. The number of aromatic nitrogens is 2. The van der Waals surface area contributed by atoms with E-state index in [9.17, 15) is 8.42 Å². The van der Waals surface area contributed by atoms with Gasteiger partial charge in [0.2, 0.25) is 16.0 Å². The molecular formula is C10H16N4O2S2. The van der Waals surface area contributed by atoms with Crippen molar-refractivity contribution in [3.63, 3.8) is 0 Å². The van der Waals surface area contributed by atoms with Crippen molar-refractivity contribution in [2.45, 2.75) is 17.1 Å². The van der Waals surface area contributed by atoms with Crippen molar-refractivity contribution in [1.82, 2.24) is 14.3 Å². The number of nitrogens with zero attached hydrogens (tertiary/aromatic N) is 3. The molecule has 100 valence electrons. The maximum Gasteiger partial charge on any atom is 0.246 e. The lowest BCUT2D eigenvalue weighted by molar-refractivity contribution is 0.424. The average molecular weight is 288 g/mol. The van der Waals surface area contributed by atoms with Gasteiger partial charge in [-0.1, -0.05) is 6.92 Å². The van der Waals surface area contributed by atoms with Gasteiger partial charge in [0.05, 0.1) is 12.4 Å². The van der Waals surface area contributed by atoms with Gasteiger partial charge in [-0.2, -0.15) is 16.1 Å². The minimum Gasteiger partial charge on any atom is -0.357 e. The first-order valence-corrected chi connectivity index (χ1v) is 8.14. The van der Waals surface area contributed by atoms with Crippen LogP contribution in [0, 0.1) is 0 Å². The summed E-state index contributed by atoms with van der Waals surface area (Å²) in [5.41, 5.74) is 0. The van der Waals surface area contributed by atoms with E-state index in [-0.39, 0.29) is 4.90 Å². The lowest BCUT2D eigenvalue weighted by Gasteiger charge is -2.29. The Morgan fingerprint density at radius 2 is 2.11 bits per heavy atom. The number of sulfonamides is 1. The van der Waals surface area contributed by atoms with E-state index in [1.54, 1.807) is 18.8 Å². The number of anilines is 1. The summed E-state index contributed by atoms with van der Waals surface area (Å²) in [6, 6.07) is 0. The van der Waals surface area contributed by atoms with Crippen molar-refractivity contribution in [3.05, 3.63) is 12.4 Å². The summed E-state index contributed by atoms with van der Waals surface area (Å²) in [5.74, 6) is 1.24. The number of hydrogen-bond donors (Lipinski definition) is 1. The van der Waals surface area contributed by atoms with E-state index >= 15 is 0 Å². The standard InChI is InChI=1S/C10H16N4O2S2/c1-8-7-14(3-4-17-8)18(15,16)9-5-12-10(11-2)13-6-9/h5-6,8H,3-4,7H2,1-2H3,(H,11,12,13). The number of nitrogens with one attached hydrogen (secondary N) is 1. The van der Waals surface area contributed by atoms with Gasteiger partial charge in [0, 0.05) is 31.1 Å². The molecule has 1 unspecified atom stereocenters. The Labute approximate surface area is 111 Å². The quantitative estimate of drug-likeness (QED) is 0.880. The molecule has 0 saturated carbocycles. The van der Waals surface area contributed by atoms with Crippen molar-refractivity contribution in [2.24, 2.45) is 0 Å². The fourth-order valence-corrected chi connectivity index (χ4v) is 4.38. The van der Waals surface area contributed by atoms with Crippen molar-refractivity contribution in [2.75, 3.05) is 31.2 Å². The van der Waals surface area contributed by atoms with Crippen LogP contribution >= 0.6 is 11.8 Å². The van der Waals surface area contributed by atoms with Gasteiger partial charge >= 0.3 is 0 Å². The van der Waals surface area contributed by atoms with Crippen LogP contribution in [0.5, 0.6) is 0 Å². The van der Waals surface area contributed by atoms with Crippen molar-refractivity contribution in [1.29, 1.82) is 0 Å². The minimum atomic E-state index is -3.45. The Hall–Kier alpha value is -0.860. The van der Waals surface area contributed by atoms with Crippen LogP contribution in [-0.4, -0.2) is 53.8 Å². The van der Waals surface area contributed by atoms with Gasteiger partial charge in [-0.05, 0) is 0 Å². The molecule has 8 heteroatoms. The van der Waals surface area contributed by atoms with Crippen molar-refractivity contribution >= 4 is 27.7 Å². The van der Waals surface area contributed by atoms with Gasteiger partial charge in [0.15, 0.2) is 0 Å². The molecule has 0 amide bonds. The molecule has 6 nitrogen and oxygen atoms in total. The molecule has 1 saturated heterocycles. The maximum absolute atomic E-state index is 12.3. The van der Waals surface area contributed by atoms with Crippen LogP contribution in [0.4, 0.5) is 5.95 Å². The lowest BCUT2D eigenvalue weighted by Crippen LogP contribution is -2.41. The highest BCUT2D eigenvalue weighted by molar-refractivity contribution is 8.00. The van der Waals surface area contributed by atoms with Crippen LogP contribution in [0.15, 0.2) is 17.3 Å². The summed E-state index contributed by atoms with van der Waals surface area (Å²) < 4.78 is 26.2. The van der Waals surface area contributed by atoms with E-state index in [0.29, 0.717) is 24.3 Å². The zero-order valence-corrected chi connectivity index (χ0v) is 12.0. The number of thioether (sulfide) groups is 1. The first-order valence-electron chi connectivity index (χ1n) is 5.65. The van der Waals surface area contributed by atoms with Crippen molar-refractivity contribution < 1.29 is 8.42 Å². The van der Waals surface area contributed by atoms with Crippen LogP contribution in [0.2, 0.25) is 0 Å². The predicted molar refractivity (Wildman–Crippen MR) is 72.3 cm³/mol. The average Bonchev–Trinajstić information content (AvgIpc) is 2.39. The third-order valence-corrected chi connectivity index (χ3v) is 5.65. The fraction of sp³-hybridized carbons (Fsp3) is 0.600. The second-order valence-electron chi connectivity index (χ2n) is 4.04. The summed E-state index contributed by atoms with van der Waals surface area (Å²) in [6.07, 6.45) is 2.70. The van der Waals surface area contributed by atoms with Crippen LogP contribution in [0.25, 0.3) is 0 Å². The van der Waals surface area contributed by atoms with Gasteiger partial charge in [0.25, 0.3) is 0 Å². The Balaban J connectivity index is 2.23. The molecule has 1 aromatic rings. The molecule has 2 heterocycles. The molecule has 2 rings (SSSR count). The molecule has 1 N–H and O–H groups in total. The van der Waals surface area contributed by atoms with Crippen LogP contribution in [0.1, 0.15) is 6.92 Å². The second-order valence-corrected chi connectivity index (χ2v) is 7.52. The minimum absolute atomic E-state index is 0.153. The smallest absolute Gasteiger partial charge is 0.246 e. The zero-order valence-electron chi connectivity index (χ0n) is 10.3. The van der Waals surface area contributed by atoms with Crippen LogP contribution in [0.3, 0.4) is 0 Å². The molecule has 0 aliphatic carbocycles. The molecular weight excluding hydrogens is 272 g/mol. The van der Waals surface area contributed by atoms with Gasteiger partial charge < -0.3 is 5.32 Å². The van der Waals surface area contributed by atoms with E-state index in [1.807, 2.05) is 6.92 Å². The lowest BCUT2D eigenvalue weighted by atomic mass is 10.4. The molecule has 0 bridgehead atoms. The first kappa shape index (κ1) is 13.6. The SMILES string of the molecule is CNc1ncc(S(=O)(=O)N2CCSC(C)C2)cn1. The monoisotopic (exact) mass is 288 g/mol. The largest absolute Gasteiger partial charge is 0.357 e. The topological polar surface area (TPSA) is 75.2 Å². The first-order chi connectivity index (χ1) is 8.54. The third kappa shape index (κ3) is 2.76. The van der Waals surface area contributed by atoms with Crippen LogP contribution < -0.4 is 5.32 Å². The fourth-order valence-electron chi connectivity index (χ4n) is 1.73. The molecule has 0 spiro atoms. The van der Waals surface area contributed by atoms with E-state index in [2.05, 4.69) is 15.3 Å². The van der Waals surface area contributed by atoms with Gasteiger partial charge in [0.1, 0.15) is 4.90 Å². The van der Waals surface area contributed by atoms with Gasteiger partial charge in [-0.25, -0.2) is 18.4 Å². The van der Waals surface area contributed by atoms with E-state index in [1.165, 1.54) is 16.7 Å². The molecule has 18 heavy (non-hydrogen) atoms. The Bertz CT molecular complexity index is 503. The summed E-state index contributed by atoms with van der Waals surface area (Å²) in [6.45, 7) is 3.12. The molecule has 0 radical (unpaired) electrons. The van der Waals surface area contributed by atoms with E-state index < -0.39 is 10.0 Å². The summed E-state index contributed by atoms with van der Waals surface area (Å²) in [5, 5.41) is 3.08. The highest BCUT2D eigenvalue weighted by Crippen LogP contribution is 2.23. The highest BCUT2D eigenvalue weighted by Gasteiger charge is 2.29. The Morgan fingerprint density at radius 3 is 2.67 bits per heavy atom. The summed E-state index contributed by atoms with van der Waals surface area (Å²) in [4.78, 5) is 8.04. The zero-order chi connectivity index (χ0) is 13.2. The maximum atomic E-state index is 12.3. The van der Waals surface area contributed by atoms with Crippen molar-refractivity contribution in [3.8, 4) is 0 Å². The normalized spacial score (nSPS) is 21.8. The summed E-state index contributed by atoms with van der Waals surface area (Å²) >= 11 is 1.79. The molecule has 1 aliphatic heterocycles. The van der Waals surface area contributed by atoms with E-state index in [0.717, 1.165) is 5.75 Å². The number of rotatable bonds is 3. The number of hydrogen-bond acceptors (Lipinski definition) is 6. The molecule has 0 aromatic carbocycles. The molecule has 1 atom stereocenters. The molecule has 1 aliphatic rings. The molecule has 1 fully saturated rings. The van der Waals surface area contributed by atoms with Gasteiger partial charge in [-0.15, -0.1) is 0 Å². The Morgan fingerprint density at radius 1 is 1.44 bits per heavy atom. The van der Waals surface area contributed by atoms with E-state index in [4.69, 9.17) is 0 Å².